The van der Waals surface area contributed by atoms with Crippen LogP contribution in [-0.2, 0) is 14.3 Å². The Bertz CT molecular complexity index is 976. The molecule has 1 aromatic heterocycles. The van der Waals surface area contributed by atoms with E-state index in [0.717, 1.165) is 28.3 Å². The summed E-state index contributed by atoms with van der Waals surface area (Å²) in [6.45, 7) is 0.926. The van der Waals surface area contributed by atoms with E-state index in [0.29, 0.717) is 13.2 Å². The Labute approximate surface area is 176 Å². The van der Waals surface area contributed by atoms with Crippen LogP contribution in [-0.4, -0.2) is 49.9 Å². The van der Waals surface area contributed by atoms with E-state index >= 15 is 0 Å². The average Bonchev–Trinajstić information content (AvgIpc) is 2.81. The molecule has 0 unspecified atom stereocenters. The summed E-state index contributed by atoms with van der Waals surface area (Å²) >= 11 is 0. The van der Waals surface area contributed by atoms with Crippen LogP contribution in [0.4, 0.5) is 5.82 Å². The highest BCUT2D eigenvalue weighted by molar-refractivity contribution is 5.78. The van der Waals surface area contributed by atoms with Gasteiger partial charge in [-0.25, -0.2) is 9.78 Å². The molecule has 0 radical (unpaired) electrons. The molecule has 3 rings (SSSR count). The van der Waals surface area contributed by atoms with Gasteiger partial charge < -0.3 is 14.4 Å². The number of nitrogens with zero attached hydrogens (tertiary/aromatic N) is 3. The molecular formula is C24H25N3O3. The third-order valence-electron chi connectivity index (χ3n) is 4.45. The molecule has 2 aromatic carbocycles. The Morgan fingerprint density at radius 3 is 2.23 bits per heavy atom. The van der Waals surface area contributed by atoms with Crippen molar-refractivity contribution in [1.29, 1.82) is 0 Å². The number of aromatic nitrogens is 2. The van der Waals surface area contributed by atoms with Gasteiger partial charge in [0, 0.05) is 24.7 Å². The number of carbonyl (C=O) groups excluding carboxylic acids is 1. The fraction of sp³-hybridized carbons (Fsp3) is 0.208. The summed E-state index contributed by atoms with van der Waals surface area (Å²) in [5.74, 6) is 0.386. The highest BCUT2D eigenvalue weighted by Gasteiger charge is 2.13. The number of esters is 1. The smallest absolute Gasteiger partial charge is 0.331 e. The van der Waals surface area contributed by atoms with Crippen molar-refractivity contribution in [3.05, 3.63) is 79.0 Å². The molecular weight excluding hydrogens is 378 g/mol. The van der Waals surface area contributed by atoms with E-state index in [1.165, 1.54) is 7.11 Å². The van der Waals surface area contributed by atoms with Gasteiger partial charge in [-0.15, -0.1) is 0 Å². The summed E-state index contributed by atoms with van der Waals surface area (Å²) in [5, 5.41) is 0. The number of anilines is 1. The normalized spacial score (nSPS) is 10.9. The summed E-state index contributed by atoms with van der Waals surface area (Å²) < 4.78 is 9.74. The van der Waals surface area contributed by atoms with Crippen LogP contribution in [0.15, 0.2) is 79.0 Å². The molecule has 3 aromatic rings. The second-order valence-electron chi connectivity index (χ2n) is 6.60. The van der Waals surface area contributed by atoms with E-state index in [4.69, 9.17) is 14.7 Å². The average molecular weight is 403 g/mol. The third kappa shape index (κ3) is 5.75. The molecule has 0 aliphatic rings. The Morgan fingerprint density at radius 1 is 0.967 bits per heavy atom. The van der Waals surface area contributed by atoms with Gasteiger partial charge in [0.1, 0.15) is 12.4 Å². The second-order valence-corrected chi connectivity index (χ2v) is 6.60. The van der Waals surface area contributed by atoms with Gasteiger partial charge in [0.05, 0.1) is 31.3 Å². The van der Waals surface area contributed by atoms with Crippen LogP contribution in [0.1, 0.15) is 0 Å². The molecule has 154 valence electrons. The van der Waals surface area contributed by atoms with Gasteiger partial charge in [-0.3, -0.25) is 4.98 Å². The quantitative estimate of drug-likeness (QED) is 0.306. The van der Waals surface area contributed by atoms with Crippen molar-refractivity contribution in [3.8, 4) is 22.5 Å². The molecule has 0 N–H and O–H groups in total. The molecule has 30 heavy (non-hydrogen) atoms. The molecule has 6 nitrogen and oxygen atoms in total. The van der Waals surface area contributed by atoms with Gasteiger partial charge in [-0.05, 0) is 0 Å². The molecule has 6 heteroatoms. The largest absolute Gasteiger partial charge is 0.467 e. The predicted molar refractivity (Wildman–Crippen MR) is 118 cm³/mol. The van der Waals surface area contributed by atoms with E-state index in [-0.39, 0.29) is 12.6 Å². The van der Waals surface area contributed by atoms with Crippen LogP contribution in [0.5, 0.6) is 0 Å². The maximum absolute atomic E-state index is 11.0. The summed E-state index contributed by atoms with van der Waals surface area (Å²) in [6, 6.07) is 20.1. The van der Waals surface area contributed by atoms with Crippen molar-refractivity contribution >= 4 is 11.8 Å². The summed E-state index contributed by atoms with van der Waals surface area (Å²) in [4.78, 5) is 22.7. The minimum Gasteiger partial charge on any atom is -0.467 e. The number of hydrogen-bond donors (Lipinski definition) is 0. The van der Waals surface area contributed by atoms with Crippen molar-refractivity contribution in [2.45, 2.75) is 0 Å². The minimum absolute atomic E-state index is 0.0520. The lowest BCUT2D eigenvalue weighted by atomic mass is 10.0. The SMILES string of the molecule is COC(=O)COCC=CCN(C)c1cnc(-c2ccccc2)c(-c2ccccc2)n1. The van der Waals surface area contributed by atoms with Crippen molar-refractivity contribution in [1.82, 2.24) is 9.97 Å². The van der Waals surface area contributed by atoms with Gasteiger partial charge in [-0.2, -0.15) is 0 Å². The Kier molecular flexibility index (Phi) is 7.69. The number of likely N-dealkylation sites (N-methyl/N-ethyl adjacent to an activating group) is 1. The third-order valence-corrected chi connectivity index (χ3v) is 4.45. The standard InChI is InChI=1S/C24H25N3O3/c1-27(15-9-10-16-30-18-22(28)29-2)21-17-25-23(19-11-5-3-6-12-19)24(26-21)20-13-7-4-8-14-20/h3-14,17H,15-16,18H2,1-2H3. The molecule has 0 spiro atoms. The van der Waals surface area contributed by atoms with E-state index in [1.54, 1.807) is 6.20 Å². The molecule has 0 bridgehead atoms. The number of methoxy groups -OCH3 is 1. The summed E-state index contributed by atoms with van der Waals surface area (Å²) in [5.41, 5.74) is 3.74. The van der Waals surface area contributed by atoms with Crippen LogP contribution in [0, 0.1) is 0 Å². The Morgan fingerprint density at radius 2 is 1.60 bits per heavy atom. The maximum Gasteiger partial charge on any atom is 0.331 e. The zero-order chi connectivity index (χ0) is 21.2. The molecule has 0 aliphatic carbocycles. The van der Waals surface area contributed by atoms with E-state index < -0.39 is 0 Å². The lowest BCUT2D eigenvalue weighted by molar-refractivity contribution is -0.145. The van der Waals surface area contributed by atoms with Crippen molar-refractivity contribution in [2.24, 2.45) is 0 Å². The fourth-order valence-corrected chi connectivity index (χ4v) is 2.83. The highest BCUT2D eigenvalue weighted by atomic mass is 16.6. The van der Waals surface area contributed by atoms with Crippen LogP contribution >= 0.6 is 0 Å². The zero-order valence-corrected chi connectivity index (χ0v) is 17.2. The summed E-state index contributed by atoms with van der Waals surface area (Å²) in [6.07, 6.45) is 5.62. The van der Waals surface area contributed by atoms with Gasteiger partial charge in [0.25, 0.3) is 0 Å². The first-order valence-corrected chi connectivity index (χ1v) is 9.67. The lowest BCUT2D eigenvalue weighted by Crippen LogP contribution is -2.19. The molecule has 0 atom stereocenters. The first kappa shape index (κ1) is 21.2. The Balaban J connectivity index is 1.75. The zero-order valence-electron chi connectivity index (χ0n) is 17.2. The van der Waals surface area contributed by atoms with Gasteiger partial charge in [-0.1, -0.05) is 72.8 Å². The van der Waals surface area contributed by atoms with Crippen LogP contribution in [0.25, 0.3) is 22.5 Å². The van der Waals surface area contributed by atoms with Crippen molar-refractivity contribution < 1.29 is 14.3 Å². The number of benzene rings is 2. The van der Waals surface area contributed by atoms with E-state index in [9.17, 15) is 4.79 Å². The molecule has 0 aliphatic heterocycles. The number of ether oxygens (including phenoxy) is 2. The maximum atomic E-state index is 11.0. The van der Waals surface area contributed by atoms with Crippen molar-refractivity contribution in [3.63, 3.8) is 0 Å². The van der Waals surface area contributed by atoms with E-state index in [1.807, 2.05) is 84.8 Å². The highest BCUT2D eigenvalue weighted by Crippen LogP contribution is 2.30. The molecule has 1 heterocycles. The van der Waals surface area contributed by atoms with Crippen LogP contribution in [0.2, 0.25) is 0 Å². The lowest BCUT2D eigenvalue weighted by Gasteiger charge is -2.18. The first-order valence-electron chi connectivity index (χ1n) is 9.67. The van der Waals surface area contributed by atoms with E-state index in [2.05, 4.69) is 4.74 Å². The minimum atomic E-state index is -0.386. The first-order chi connectivity index (χ1) is 14.7. The Hall–Kier alpha value is -3.51. The van der Waals surface area contributed by atoms with Gasteiger partial charge in [0.2, 0.25) is 0 Å². The molecule has 0 fully saturated rings. The summed E-state index contributed by atoms with van der Waals surface area (Å²) in [7, 11) is 3.30. The molecule has 0 amide bonds. The van der Waals surface area contributed by atoms with Crippen LogP contribution in [0.3, 0.4) is 0 Å². The number of hydrogen-bond acceptors (Lipinski definition) is 6. The molecule has 0 saturated carbocycles. The monoisotopic (exact) mass is 403 g/mol. The van der Waals surface area contributed by atoms with Gasteiger partial charge in [0.15, 0.2) is 0 Å². The number of rotatable bonds is 9. The van der Waals surface area contributed by atoms with Crippen LogP contribution < -0.4 is 4.90 Å². The van der Waals surface area contributed by atoms with Gasteiger partial charge >= 0.3 is 5.97 Å². The molecule has 0 saturated heterocycles. The predicted octanol–water partition coefficient (Wildman–Crippen LogP) is 3.99. The van der Waals surface area contributed by atoms with Crippen molar-refractivity contribution in [2.75, 3.05) is 38.8 Å². The second kappa shape index (κ2) is 10.9. The number of carbonyl (C=O) groups is 1. The fourth-order valence-electron chi connectivity index (χ4n) is 2.83. The topological polar surface area (TPSA) is 64.6 Å².